The van der Waals surface area contributed by atoms with E-state index in [9.17, 15) is 0 Å². The molecule has 3 nitrogen and oxygen atoms in total. The van der Waals surface area contributed by atoms with Gasteiger partial charge in [-0.05, 0) is 37.1 Å². The van der Waals surface area contributed by atoms with E-state index in [0.717, 1.165) is 32.4 Å². The van der Waals surface area contributed by atoms with Crippen LogP contribution in [0.4, 0.5) is 0 Å². The summed E-state index contributed by atoms with van der Waals surface area (Å²) in [6.07, 6.45) is 7.51. The van der Waals surface area contributed by atoms with E-state index in [2.05, 4.69) is 62.6 Å². The van der Waals surface area contributed by atoms with Crippen LogP contribution in [0.1, 0.15) is 72.7 Å². The average Bonchev–Trinajstić information content (AvgIpc) is 2.81. The first kappa shape index (κ1) is 17.2. The lowest BCUT2D eigenvalue weighted by Crippen LogP contribution is -2.30. The molecule has 0 aromatic carbocycles. The summed E-state index contributed by atoms with van der Waals surface area (Å²) < 4.78 is 2.31. The van der Waals surface area contributed by atoms with Crippen molar-refractivity contribution in [1.29, 1.82) is 0 Å². The highest BCUT2D eigenvalue weighted by molar-refractivity contribution is 5.00. The molecule has 1 rings (SSSR count). The Morgan fingerprint density at radius 1 is 1.25 bits per heavy atom. The first-order chi connectivity index (χ1) is 9.40. The standard InChI is InChI=1S/C17H33N3/c1-7-9-18-15(13-14(3)17(4,5)6)16-19-10-12-20(16)11-8-2/h10,12,14-15,18H,7-9,11,13H2,1-6H3. The molecule has 2 unspecified atom stereocenters. The molecule has 0 aliphatic rings. The summed E-state index contributed by atoms with van der Waals surface area (Å²) in [4.78, 5) is 4.62. The lowest BCUT2D eigenvalue weighted by atomic mass is 9.78. The highest BCUT2D eigenvalue weighted by atomic mass is 15.1. The largest absolute Gasteiger partial charge is 0.334 e. The van der Waals surface area contributed by atoms with Crippen LogP contribution in [-0.4, -0.2) is 16.1 Å². The van der Waals surface area contributed by atoms with Gasteiger partial charge in [0.25, 0.3) is 0 Å². The summed E-state index contributed by atoms with van der Waals surface area (Å²) in [5.41, 5.74) is 0.342. The Morgan fingerprint density at radius 2 is 1.95 bits per heavy atom. The Hall–Kier alpha value is -0.830. The average molecular weight is 279 g/mol. The maximum absolute atomic E-state index is 4.62. The Morgan fingerprint density at radius 3 is 2.50 bits per heavy atom. The van der Waals surface area contributed by atoms with Crippen molar-refractivity contribution in [2.45, 2.75) is 73.4 Å². The molecule has 1 heterocycles. The van der Waals surface area contributed by atoms with E-state index < -0.39 is 0 Å². The van der Waals surface area contributed by atoms with Crippen molar-refractivity contribution in [2.75, 3.05) is 6.54 Å². The van der Waals surface area contributed by atoms with Crippen LogP contribution in [0.25, 0.3) is 0 Å². The fraction of sp³-hybridized carbons (Fsp3) is 0.824. The number of hydrogen-bond acceptors (Lipinski definition) is 2. The normalized spacial score (nSPS) is 15.3. The van der Waals surface area contributed by atoms with Crippen molar-refractivity contribution in [3.63, 3.8) is 0 Å². The predicted octanol–water partition coefficient (Wildman–Crippen LogP) is 4.41. The zero-order chi connectivity index (χ0) is 15.2. The molecule has 1 aromatic heterocycles. The molecule has 0 saturated carbocycles. The Kier molecular flexibility index (Phi) is 6.74. The second-order valence-corrected chi connectivity index (χ2v) is 6.99. The zero-order valence-corrected chi connectivity index (χ0v) is 14.2. The molecule has 0 saturated heterocycles. The third kappa shape index (κ3) is 4.93. The summed E-state index contributed by atoms with van der Waals surface area (Å²) in [6, 6.07) is 0.366. The zero-order valence-electron chi connectivity index (χ0n) is 14.2. The third-order valence-corrected chi connectivity index (χ3v) is 4.23. The smallest absolute Gasteiger partial charge is 0.125 e. The molecular weight excluding hydrogens is 246 g/mol. The molecule has 3 heteroatoms. The highest BCUT2D eigenvalue weighted by Gasteiger charge is 2.26. The minimum absolute atomic E-state index is 0.342. The van der Waals surface area contributed by atoms with Crippen molar-refractivity contribution >= 4 is 0 Å². The molecule has 1 N–H and O–H groups in total. The van der Waals surface area contributed by atoms with Gasteiger partial charge in [0.1, 0.15) is 5.82 Å². The van der Waals surface area contributed by atoms with Gasteiger partial charge in [-0.25, -0.2) is 4.98 Å². The topological polar surface area (TPSA) is 29.9 Å². The van der Waals surface area contributed by atoms with Crippen molar-refractivity contribution in [1.82, 2.24) is 14.9 Å². The number of aromatic nitrogens is 2. The third-order valence-electron chi connectivity index (χ3n) is 4.23. The van der Waals surface area contributed by atoms with E-state index in [1.54, 1.807) is 0 Å². The Labute approximate surface area is 125 Å². The molecule has 0 aliphatic carbocycles. The highest BCUT2D eigenvalue weighted by Crippen LogP contribution is 2.33. The SMILES string of the molecule is CCCNC(CC(C)C(C)(C)C)c1nccn1CCC. The molecule has 0 aliphatic heterocycles. The van der Waals surface area contributed by atoms with Gasteiger partial charge in [0.2, 0.25) is 0 Å². The molecule has 0 radical (unpaired) electrons. The van der Waals surface area contributed by atoms with Crippen molar-refractivity contribution in [2.24, 2.45) is 11.3 Å². The predicted molar refractivity (Wildman–Crippen MR) is 86.8 cm³/mol. The van der Waals surface area contributed by atoms with Crippen LogP contribution in [-0.2, 0) is 6.54 Å². The van der Waals surface area contributed by atoms with E-state index >= 15 is 0 Å². The van der Waals surface area contributed by atoms with Gasteiger partial charge in [-0.15, -0.1) is 0 Å². The van der Waals surface area contributed by atoms with E-state index in [1.807, 2.05) is 6.20 Å². The number of imidazole rings is 1. The van der Waals surface area contributed by atoms with Gasteiger partial charge in [0.15, 0.2) is 0 Å². The fourth-order valence-corrected chi connectivity index (χ4v) is 2.37. The molecule has 0 spiro atoms. The van der Waals surface area contributed by atoms with Crippen LogP contribution >= 0.6 is 0 Å². The van der Waals surface area contributed by atoms with E-state index in [-0.39, 0.29) is 0 Å². The summed E-state index contributed by atoms with van der Waals surface area (Å²) >= 11 is 0. The number of nitrogens with one attached hydrogen (secondary N) is 1. The fourth-order valence-electron chi connectivity index (χ4n) is 2.37. The van der Waals surface area contributed by atoms with Crippen LogP contribution in [0.15, 0.2) is 12.4 Å². The summed E-state index contributed by atoms with van der Waals surface area (Å²) in [5, 5.41) is 3.69. The van der Waals surface area contributed by atoms with Crippen LogP contribution in [0, 0.1) is 11.3 Å². The number of nitrogens with zero attached hydrogens (tertiary/aromatic N) is 2. The van der Waals surface area contributed by atoms with Gasteiger partial charge in [0.05, 0.1) is 6.04 Å². The minimum Gasteiger partial charge on any atom is -0.334 e. The molecule has 20 heavy (non-hydrogen) atoms. The lowest BCUT2D eigenvalue weighted by molar-refractivity contribution is 0.219. The maximum atomic E-state index is 4.62. The van der Waals surface area contributed by atoms with Crippen molar-refractivity contribution < 1.29 is 0 Å². The van der Waals surface area contributed by atoms with Crippen LogP contribution in [0.3, 0.4) is 0 Å². The van der Waals surface area contributed by atoms with Crippen molar-refractivity contribution in [3.05, 3.63) is 18.2 Å². The van der Waals surface area contributed by atoms with Gasteiger partial charge < -0.3 is 9.88 Å². The van der Waals surface area contributed by atoms with Crippen molar-refractivity contribution in [3.8, 4) is 0 Å². The van der Waals surface area contributed by atoms with E-state index in [0.29, 0.717) is 17.4 Å². The Balaban J connectivity index is 2.85. The monoisotopic (exact) mass is 279 g/mol. The molecule has 116 valence electrons. The first-order valence-electron chi connectivity index (χ1n) is 8.14. The van der Waals surface area contributed by atoms with Crippen LogP contribution in [0.2, 0.25) is 0 Å². The van der Waals surface area contributed by atoms with Gasteiger partial charge in [-0.1, -0.05) is 41.5 Å². The maximum Gasteiger partial charge on any atom is 0.125 e. The molecular formula is C17H33N3. The van der Waals surface area contributed by atoms with Crippen LogP contribution < -0.4 is 5.32 Å². The molecule has 0 fully saturated rings. The number of rotatable bonds is 8. The van der Waals surface area contributed by atoms with E-state index in [4.69, 9.17) is 0 Å². The minimum atomic E-state index is 0.342. The van der Waals surface area contributed by atoms with Gasteiger partial charge in [-0.3, -0.25) is 0 Å². The molecule has 2 atom stereocenters. The van der Waals surface area contributed by atoms with Gasteiger partial charge in [0, 0.05) is 18.9 Å². The van der Waals surface area contributed by atoms with Gasteiger partial charge >= 0.3 is 0 Å². The number of hydrogen-bond donors (Lipinski definition) is 1. The second kappa shape index (κ2) is 7.82. The van der Waals surface area contributed by atoms with Crippen LogP contribution in [0.5, 0.6) is 0 Å². The van der Waals surface area contributed by atoms with Gasteiger partial charge in [-0.2, -0.15) is 0 Å². The summed E-state index contributed by atoms with van der Waals surface area (Å²) in [7, 11) is 0. The first-order valence-corrected chi connectivity index (χ1v) is 8.14. The molecule has 0 amide bonds. The number of aryl methyl sites for hydroxylation is 1. The summed E-state index contributed by atoms with van der Waals surface area (Å²) in [5.74, 6) is 1.86. The quantitative estimate of drug-likeness (QED) is 0.764. The molecule has 0 bridgehead atoms. The summed E-state index contributed by atoms with van der Waals surface area (Å²) in [6.45, 7) is 15.9. The second-order valence-electron chi connectivity index (χ2n) is 6.99. The Bertz CT molecular complexity index is 376. The van der Waals surface area contributed by atoms with E-state index in [1.165, 1.54) is 5.82 Å². The lowest BCUT2D eigenvalue weighted by Gasteiger charge is -2.31. The molecule has 1 aromatic rings.